The number of carbonyl (C=O) groups is 1. The minimum absolute atomic E-state index is 0. The summed E-state index contributed by atoms with van der Waals surface area (Å²) < 4.78 is 5.39. The zero-order valence-electron chi connectivity index (χ0n) is 11.8. The van der Waals surface area contributed by atoms with Crippen LogP contribution in [0.25, 0.3) is 11.0 Å². The molecule has 0 spiro atoms. The molecular formula is C15H21ClN2O2. The monoisotopic (exact) mass is 296 g/mol. The molecule has 2 rings (SSSR count). The highest BCUT2D eigenvalue weighted by Crippen LogP contribution is 2.22. The Morgan fingerprint density at radius 3 is 2.55 bits per heavy atom. The normalized spacial score (nSPS) is 11.2. The Morgan fingerprint density at radius 1 is 1.30 bits per heavy atom. The highest BCUT2D eigenvalue weighted by Gasteiger charge is 2.27. The lowest BCUT2D eigenvalue weighted by atomic mass is 9.92. The number of hydrogen-bond acceptors (Lipinski definition) is 3. The Labute approximate surface area is 125 Å². The van der Waals surface area contributed by atoms with Crippen molar-refractivity contribution in [1.82, 2.24) is 5.32 Å². The maximum Gasteiger partial charge on any atom is 0.255 e. The van der Waals surface area contributed by atoms with Crippen molar-refractivity contribution in [1.29, 1.82) is 0 Å². The number of halogens is 1. The summed E-state index contributed by atoms with van der Waals surface area (Å²) in [7, 11) is 0. The summed E-state index contributed by atoms with van der Waals surface area (Å²) in [6, 6.07) is 7.51. The molecule has 0 unspecified atom stereocenters. The van der Waals surface area contributed by atoms with Crippen molar-refractivity contribution < 1.29 is 9.21 Å². The van der Waals surface area contributed by atoms with Crippen LogP contribution in [0.5, 0.6) is 0 Å². The van der Waals surface area contributed by atoms with Crippen LogP contribution in [0.1, 0.15) is 37.0 Å². The van der Waals surface area contributed by atoms with E-state index in [1.165, 1.54) is 6.26 Å². The molecule has 0 fully saturated rings. The van der Waals surface area contributed by atoms with E-state index in [0.29, 0.717) is 12.1 Å². The van der Waals surface area contributed by atoms with Crippen LogP contribution in [0.3, 0.4) is 0 Å². The zero-order valence-corrected chi connectivity index (χ0v) is 12.6. The Balaban J connectivity index is 0.00000200. The maximum absolute atomic E-state index is 12.4. The summed E-state index contributed by atoms with van der Waals surface area (Å²) >= 11 is 0. The second-order valence-electron chi connectivity index (χ2n) is 4.79. The molecule has 0 saturated carbocycles. The third kappa shape index (κ3) is 2.97. The Hall–Kier alpha value is -1.52. The molecule has 4 nitrogen and oxygen atoms in total. The molecule has 1 aromatic heterocycles. The van der Waals surface area contributed by atoms with Gasteiger partial charge in [0.2, 0.25) is 0 Å². The molecule has 0 aliphatic carbocycles. The molecule has 1 amide bonds. The second-order valence-corrected chi connectivity index (χ2v) is 4.79. The van der Waals surface area contributed by atoms with Gasteiger partial charge in [-0.15, -0.1) is 12.4 Å². The summed E-state index contributed by atoms with van der Waals surface area (Å²) in [4.78, 5) is 12.4. The molecule has 110 valence electrons. The fraction of sp³-hybridized carbons (Fsp3) is 0.400. The SMILES string of the molecule is CCC(CC)(CN)NC(=O)c1coc2ccccc12.Cl. The van der Waals surface area contributed by atoms with Gasteiger partial charge >= 0.3 is 0 Å². The summed E-state index contributed by atoms with van der Waals surface area (Å²) in [5, 5.41) is 3.88. The van der Waals surface area contributed by atoms with Gasteiger partial charge in [-0.05, 0) is 18.9 Å². The summed E-state index contributed by atoms with van der Waals surface area (Å²) in [5.41, 5.74) is 6.75. The molecule has 0 aliphatic rings. The molecule has 20 heavy (non-hydrogen) atoms. The Kier molecular flexibility index (Phi) is 5.60. The molecule has 0 saturated heterocycles. The van der Waals surface area contributed by atoms with Gasteiger partial charge in [0.05, 0.1) is 11.1 Å². The predicted molar refractivity (Wildman–Crippen MR) is 83.3 cm³/mol. The molecule has 1 aromatic carbocycles. The lowest BCUT2D eigenvalue weighted by Gasteiger charge is -2.31. The number of rotatable bonds is 5. The summed E-state index contributed by atoms with van der Waals surface area (Å²) in [6.45, 7) is 4.50. The molecule has 5 heteroatoms. The molecule has 0 bridgehead atoms. The first-order valence-electron chi connectivity index (χ1n) is 6.64. The van der Waals surface area contributed by atoms with E-state index in [0.717, 1.165) is 23.8 Å². The van der Waals surface area contributed by atoms with Crippen molar-refractivity contribution in [3.63, 3.8) is 0 Å². The fourth-order valence-corrected chi connectivity index (χ4v) is 2.23. The molecule has 2 aromatic rings. The molecule has 0 atom stereocenters. The van der Waals surface area contributed by atoms with Gasteiger partial charge in [0, 0.05) is 11.9 Å². The first-order chi connectivity index (χ1) is 9.15. The number of amides is 1. The highest BCUT2D eigenvalue weighted by atomic mass is 35.5. The quantitative estimate of drug-likeness (QED) is 0.891. The van der Waals surface area contributed by atoms with Gasteiger partial charge < -0.3 is 15.5 Å². The fourth-order valence-electron chi connectivity index (χ4n) is 2.23. The Morgan fingerprint density at radius 2 is 1.95 bits per heavy atom. The number of hydrogen-bond donors (Lipinski definition) is 2. The van der Waals surface area contributed by atoms with Gasteiger partial charge in [0.15, 0.2) is 0 Å². The van der Waals surface area contributed by atoms with E-state index < -0.39 is 0 Å². The van der Waals surface area contributed by atoms with E-state index in [1.54, 1.807) is 0 Å². The minimum Gasteiger partial charge on any atom is -0.463 e. The van der Waals surface area contributed by atoms with Crippen molar-refractivity contribution >= 4 is 29.3 Å². The zero-order chi connectivity index (χ0) is 13.9. The molecular weight excluding hydrogens is 276 g/mol. The van der Waals surface area contributed by atoms with Crippen LogP contribution in [0.15, 0.2) is 34.9 Å². The number of nitrogens with two attached hydrogens (primary N) is 1. The van der Waals surface area contributed by atoms with Crippen LogP contribution in [-0.2, 0) is 0 Å². The van der Waals surface area contributed by atoms with Crippen molar-refractivity contribution in [2.24, 2.45) is 5.73 Å². The molecule has 0 radical (unpaired) electrons. The lowest BCUT2D eigenvalue weighted by molar-refractivity contribution is 0.0896. The molecule has 0 aliphatic heterocycles. The van der Waals surface area contributed by atoms with Gasteiger partial charge in [-0.3, -0.25) is 4.79 Å². The van der Waals surface area contributed by atoms with Gasteiger partial charge in [0.1, 0.15) is 11.8 Å². The van der Waals surface area contributed by atoms with E-state index in [1.807, 2.05) is 38.1 Å². The van der Waals surface area contributed by atoms with E-state index in [2.05, 4.69) is 5.32 Å². The number of fused-ring (bicyclic) bond motifs is 1. The molecule has 3 N–H and O–H groups in total. The average molecular weight is 297 g/mol. The van der Waals surface area contributed by atoms with Gasteiger partial charge in [0.25, 0.3) is 5.91 Å². The summed E-state index contributed by atoms with van der Waals surface area (Å²) in [5.74, 6) is -0.126. The number of furan rings is 1. The number of para-hydroxylation sites is 1. The van der Waals surface area contributed by atoms with Crippen LogP contribution in [0.4, 0.5) is 0 Å². The third-order valence-corrected chi connectivity index (χ3v) is 3.85. The topological polar surface area (TPSA) is 68.3 Å². The van der Waals surface area contributed by atoms with Gasteiger partial charge in [-0.25, -0.2) is 0 Å². The van der Waals surface area contributed by atoms with Gasteiger partial charge in [-0.2, -0.15) is 0 Å². The second kappa shape index (κ2) is 6.77. The van der Waals surface area contributed by atoms with E-state index in [-0.39, 0.29) is 23.9 Å². The van der Waals surface area contributed by atoms with Crippen molar-refractivity contribution in [3.05, 3.63) is 36.1 Å². The van der Waals surface area contributed by atoms with Crippen molar-refractivity contribution in [2.75, 3.05) is 6.54 Å². The smallest absolute Gasteiger partial charge is 0.255 e. The number of nitrogens with one attached hydrogen (secondary N) is 1. The largest absolute Gasteiger partial charge is 0.463 e. The van der Waals surface area contributed by atoms with Crippen LogP contribution >= 0.6 is 12.4 Å². The van der Waals surface area contributed by atoms with E-state index in [4.69, 9.17) is 10.2 Å². The number of benzene rings is 1. The third-order valence-electron chi connectivity index (χ3n) is 3.85. The minimum atomic E-state index is -0.338. The van der Waals surface area contributed by atoms with E-state index in [9.17, 15) is 4.79 Å². The van der Waals surface area contributed by atoms with E-state index >= 15 is 0 Å². The van der Waals surface area contributed by atoms with Crippen LogP contribution in [0, 0.1) is 0 Å². The predicted octanol–water partition coefficient (Wildman–Crippen LogP) is 3.10. The lowest BCUT2D eigenvalue weighted by Crippen LogP contribution is -2.52. The Bertz CT molecular complexity index is 568. The maximum atomic E-state index is 12.4. The van der Waals surface area contributed by atoms with Crippen LogP contribution in [-0.4, -0.2) is 18.0 Å². The van der Waals surface area contributed by atoms with Crippen molar-refractivity contribution in [3.8, 4) is 0 Å². The first kappa shape index (κ1) is 16.5. The molecule has 1 heterocycles. The van der Waals surface area contributed by atoms with Crippen LogP contribution in [0.2, 0.25) is 0 Å². The van der Waals surface area contributed by atoms with Gasteiger partial charge in [-0.1, -0.05) is 32.0 Å². The summed E-state index contributed by atoms with van der Waals surface area (Å²) in [6.07, 6.45) is 3.12. The van der Waals surface area contributed by atoms with Crippen LogP contribution < -0.4 is 11.1 Å². The first-order valence-corrected chi connectivity index (χ1v) is 6.64. The standard InChI is InChI=1S/C15H20N2O2.ClH/c1-3-15(4-2,10-16)17-14(18)12-9-19-13-8-6-5-7-11(12)13;/h5-9H,3-4,10,16H2,1-2H3,(H,17,18);1H. The van der Waals surface area contributed by atoms with Crippen molar-refractivity contribution in [2.45, 2.75) is 32.2 Å². The highest BCUT2D eigenvalue weighted by molar-refractivity contribution is 6.06. The average Bonchev–Trinajstić information content (AvgIpc) is 2.89. The number of carbonyl (C=O) groups excluding carboxylic acids is 1.